The fraction of sp³-hybridized carbons (Fsp3) is 0.600. The Balaban J connectivity index is 2.38. The highest BCUT2D eigenvalue weighted by Gasteiger charge is 2.19. The first-order chi connectivity index (χ1) is 6.68. The van der Waals surface area contributed by atoms with Crippen LogP contribution in [0.1, 0.15) is 48.3 Å². The van der Waals surface area contributed by atoms with E-state index in [2.05, 4.69) is 12.0 Å². The monoisotopic (exact) mass is 194 g/mol. The fourth-order valence-electron chi connectivity index (χ4n) is 1.97. The summed E-state index contributed by atoms with van der Waals surface area (Å²) in [4.78, 5) is 10.7. The van der Waals surface area contributed by atoms with Gasteiger partial charge in [-0.1, -0.05) is 13.3 Å². The van der Waals surface area contributed by atoms with Crippen LogP contribution in [0.4, 0.5) is 0 Å². The summed E-state index contributed by atoms with van der Waals surface area (Å²) in [5.74, 6) is -0.504. The zero-order valence-corrected chi connectivity index (χ0v) is 8.23. The molecule has 0 bridgehead atoms. The Hall–Kier alpha value is -1.32. The summed E-state index contributed by atoms with van der Waals surface area (Å²) in [7, 11) is 0. The van der Waals surface area contributed by atoms with Crippen LogP contribution in [-0.4, -0.2) is 20.9 Å². The number of nitrogens with zero attached hydrogens (tertiary/aromatic N) is 2. The number of carboxylic acids is 1. The van der Waals surface area contributed by atoms with Gasteiger partial charge in [-0.2, -0.15) is 5.10 Å². The molecule has 2 rings (SSSR count). The number of hydrogen-bond donors (Lipinski definition) is 1. The minimum absolute atomic E-state index is 0.175. The first-order valence-electron chi connectivity index (χ1n) is 4.99. The van der Waals surface area contributed by atoms with Crippen LogP contribution in [0, 0.1) is 0 Å². The van der Waals surface area contributed by atoms with Crippen LogP contribution in [0.5, 0.6) is 0 Å². The van der Waals surface area contributed by atoms with Gasteiger partial charge in [-0.15, -0.1) is 0 Å². The normalized spacial score (nSPS) is 21.4. The maximum Gasteiger partial charge on any atom is 0.356 e. The van der Waals surface area contributed by atoms with Gasteiger partial charge in [0.05, 0.1) is 0 Å². The molecule has 1 unspecified atom stereocenters. The summed E-state index contributed by atoms with van der Waals surface area (Å²) < 4.78 is 1.85. The van der Waals surface area contributed by atoms with Gasteiger partial charge in [0.1, 0.15) is 0 Å². The third kappa shape index (κ3) is 1.52. The second-order valence-electron chi connectivity index (χ2n) is 3.88. The van der Waals surface area contributed by atoms with Gasteiger partial charge in [-0.05, 0) is 24.8 Å². The number of aromatic carboxylic acids is 1. The van der Waals surface area contributed by atoms with E-state index in [1.54, 1.807) is 6.07 Å². The minimum atomic E-state index is -0.933. The SMILES string of the molecule is CC1CCCCn2nc(C(=O)O)cc21. The van der Waals surface area contributed by atoms with Crippen LogP contribution in [0.3, 0.4) is 0 Å². The zero-order valence-electron chi connectivity index (χ0n) is 8.23. The molecule has 14 heavy (non-hydrogen) atoms. The van der Waals surface area contributed by atoms with E-state index in [4.69, 9.17) is 5.11 Å². The van der Waals surface area contributed by atoms with Gasteiger partial charge in [0.15, 0.2) is 5.69 Å². The molecule has 0 saturated carbocycles. The Morgan fingerprint density at radius 2 is 2.43 bits per heavy atom. The number of aryl methyl sites for hydroxylation is 1. The molecule has 1 aromatic heterocycles. The second-order valence-corrected chi connectivity index (χ2v) is 3.88. The van der Waals surface area contributed by atoms with Crippen molar-refractivity contribution in [1.82, 2.24) is 9.78 Å². The molecule has 0 amide bonds. The molecule has 1 aliphatic rings. The predicted octanol–water partition coefficient (Wildman–Crippen LogP) is 1.87. The molecule has 1 aliphatic heterocycles. The van der Waals surface area contributed by atoms with E-state index in [0.717, 1.165) is 25.1 Å². The highest BCUT2D eigenvalue weighted by Crippen LogP contribution is 2.26. The molecule has 0 saturated heterocycles. The van der Waals surface area contributed by atoms with Crippen LogP contribution in [0.25, 0.3) is 0 Å². The van der Waals surface area contributed by atoms with Crippen molar-refractivity contribution in [2.24, 2.45) is 0 Å². The van der Waals surface area contributed by atoms with Gasteiger partial charge in [0.25, 0.3) is 0 Å². The fourth-order valence-corrected chi connectivity index (χ4v) is 1.97. The lowest BCUT2D eigenvalue weighted by atomic mass is 10.0. The molecular formula is C10H14N2O2. The summed E-state index contributed by atoms with van der Waals surface area (Å²) >= 11 is 0. The second kappa shape index (κ2) is 3.44. The molecular weight excluding hydrogens is 180 g/mol. The summed E-state index contributed by atoms with van der Waals surface area (Å²) in [6, 6.07) is 1.71. The molecule has 0 radical (unpaired) electrons. The average Bonchev–Trinajstić information content (AvgIpc) is 2.49. The van der Waals surface area contributed by atoms with E-state index in [0.29, 0.717) is 5.92 Å². The molecule has 1 aromatic rings. The van der Waals surface area contributed by atoms with Gasteiger partial charge in [0, 0.05) is 12.2 Å². The molecule has 1 N–H and O–H groups in total. The van der Waals surface area contributed by atoms with Crippen molar-refractivity contribution in [2.75, 3.05) is 0 Å². The van der Waals surface area contributed by atoms with Gasteiger partial charge in [-0.25, -0.2) is 4.79 Å². The topological polar surface area (TPSA) is 55.1 Å². The number of aromatic nitrogens is 2. The number of carbonyl (C=O) groups is 1. The number of fused-ring (bicyclic) bond motifs is 1. The van der Waals surface area contributed by atoms with Crippen LogP contribution >= 0.6 is 0 Å². The van der Waals surface area contributed by atoms with Crippen molar-refractivity contribution in [3.05, 3.63) is 17.5 Å². The van der Waals surface area contributed by atoms with E-state index in [9.17, 15) is 4.79 Å². The first kappa shape index (κ1) is 9.24. The molecule has 76 valence electrons. The maximum absolute atomic E-state index is 10.7. The van der Waals surface area contributed by atoms with Crippen molar-refractivity contribution in [3.63, 3.8) is 0 Å². The average molecular weight is 194 g/mol. The molecule has 2 heterocycles. The third-order valence-electron chi connectivity index (χ3n) is 2.79. The van der Waals surface area contributed by atoms with Crippen LogP contribution in [-0.2, 0) is 6.54 Å². The summed E-state index contributed by atoms with van der Waals surface area (Å²) in [6.07, 6.45) is 3.43. The van der Waals surface area contributed by atoms with Gasteiger partial charge in [0.2, 0.25) is 0 Å². The van der Waals surface area contributed by atoms with Crippen molar-refractivity contribution in [3.8, 4) is 0 Å². The highest BCUT2D eigenvalue weighted by atomic mass is 16.4. The molecule has 4 nitrogen and oxygen atoms in total. The van der Waals surface area contributed by atoms with Crippen LogP contribution < -0.4 is 0 Å². The van der Waals surface area contributed by atoms with E-state index in [-0.39, 0.29) is 5.69 Å². The standard InChI is InChI=1S/C10H14N2O2/c1-7-4-2-3-5-12-9(7)6-8(11-12)10(13)14/h6-7H,2-5H2,1H3,(H,13,14). The molecule has 0 aliphatic carbocycles. The van der Waals surface area contributed by atoms with Crippen molar-refractivity contribution < 1.29 is 9.90 Å². The van der Waals surface area contributed by atoms with E-state index in [1.807, 2.05) is 4.68 Å². The largest absolute Gasteiger partial charge is 0.476 e. The smallest absolute Gasteiger partial charge is 0.356 e. The Kier molecular flexibility index (Phi) is 2.27. The Morgan fingerprint density at radius 3 is 3.14 bits per heavy atom. The lowest BCUT2D eigenvalue weighted by Gasteiger charge is -2.07. The van der Waals surface area contributed by atoms with Gasteiger partial charge >= 0.3 is 5.97 Å². The van der Waals surface area contributed by atoms with Crippen molar-refractivity contribution in [1.29, 1.82) is 0 Å². The maximum atomic E-state index is 10.7. The van der Waals surface area contributed by atoms with E-state index < -0.39 is 5.97 Å². The Morgan fingerprint density at radius 1 is 1.64 bits per heavy atom. The lowest BCUT2D eigenvalue weighted by Crippen LogP contribution is -2.05. The van der Waals surface area contributed by atoms with Crippen molar-refractivity contribution in [2.45, 2.75) is 38.6 Å². The number of rotatable bonds is 1. The summed E-state index contributed by atoms with van der Waals surface area (Å²) in [6.45, 7) is 2.98. The van der Waals surface area contributed by atoms with E-state index in [1.165, 1.54) is 6.42 Å². The molecule has 0 spiro atoms. The third-order valence-corrected chi connectivity index (χ3v) is 2.79. The lowest BCUT2D eigenvalue weighted by molar-refractivity contribution is 0.0689. The van der Waals surface area contributed by atoms with E-state index >= 15 is 0 Å². The Bertz CT molecular complexity index is 357. The zero-order chi connectivity index (χ0) is 10.1. The van der Waals surface area contributed by atoms with Gasteiger partial charge in [-0.3, -0.25) is 4.68 Å². The quantitative estimate of drug-likeness (QED) is 0.742. The number of carboxylic acid groups (broad SMARTS) is 1. The molecule has 1 atom stereocenters. The molecule has 0 fully saturated rings. The van der Waals surface area contributed by atoms with Crippen molar-refractivity contribution >= 4 is 5.97 Å². The predicted molar refractivity (Wildman–Crippen MR) is 51.5 cm³/mol. The Labute approximate surface area is 82.5 Å². The number of hydrogen-bond acceptors (Lipinski definition) is 2. The first-order valence-corrected chi connectivity index (χ1v) is 4.99. The summed E-state index contributed by atoms with van der Waals surface area (Å²) in [5, 5.41) is 12.9. The highest BCUT2D eigenvalue weighted by molar-refractivity contribution is 5.85. The van der Waals surface area contributed by atoms with Gasteiger partial charge < -0.3 is 5.11 Å². The molecule has 0 aromatic carbocycles. The van der Waals surface area contributed by atoms with Crippen LogP contribution in [0.2, 0.25) is 0 Å². The molecule has 4 heteroatoms. The minimum Gasteiger partial charge on any atom is -0.476 e. The van der Waals surface area contributed by atoms with Crippen LogP contribution in [0.15, 0.2) is 6.07 Å². The summed E-state index contributed by atoms with van der Waals surface area (Å²) in [5.41, 5.74) is 1.24.